The normalized spacial score (nSPS) is 16.2. The average molecular weight is 339 g/mol. The van der Waals surface area contributed by atoms with Crippen molar-refractivity contribution in [3.8, 4) is 0 Å². The van der Waals surface area contributed by atoms with E-state index < -0.39 is 0 Å². The SMILES string of the molecule is CCOCCn1c(=NC(=O)C2CCC2)sc2cc(Cl)ccc21. The number of carbonyl (C=O) groups excluding carboxylic acids is 1. The zero-order valence-electron chi connectivity index (χ0n) is 12.5. The predicted molar refractivity (Wildman–Crippen MR) is 89.2 cm³/mol. The van der Waals surface area contributed by atoms with E-state index in [0.717, 1.165) is 34.3 Å². The minimum absolute atomic E-state index is 0.00839. The fraction of sp³-hybridized carbons (Fsp3) is 0.500. The van der Waals surface area contributed by atoms with Gasteiger partial charge in [0.15, 0.2) is 4.80 Å². The van der Waals surface area contributed by atoms with E-state index in [1.165, 1.54) is 11.3 Å². The molecule has 1 saturated carbocycles. The predicted octanol–water partition coefficient (Wildman–Crippen LogP) is 3.62. The van der Waals surface area contributed by atoms with Gasteiger partial charge in [-0.25, -0.2) is 0 Å². The van der Waals surface area contributed by atoms with E-state index in [0.29, 0.717) is 24.8 Å². The largest absolute Gasteiger partial charge is 0.380 e. The Labute approximate surface area is 138 Å². The van der Waals surface area contributed by atoms with E-state index in [1.54, 1.807) is 0 Å². The molecular weight excluding hydrogens is 320 g/mol. The van der Waals surface area contributed by atoms with Crippen molar-refractivity contribution in [2.24, 2.45) is 10.9 Å². The fourth-order valence-corrected chi connectivity index (χ4v) is 3.83. The highest BCUT2D eigenvalue weighted by Gasteiger charge is 2.25. The molecule has 0 atom stereocenters. The Hall–Kier alpha value is -1.17. The van der Waals surface area contributed by atoms with Gasteiger partial charge in [0.2, 0.25) is 0 Å². The highest BCUT2D eigenvalue weighted by Crippen LogP contribution is 2.27. The molecule has 0 aliphatic heterocycles. The van der Waals surface area contributed by atoms with Gasteiger partial charge in [0, 0.05) is 24.1 Å². The molecule has 1 aromatic heterocycles. The number of nitrogens with zero attached hydrogens (tertiary/aromatic N) is 2. The molecule has 0 bridgehead atoms. The molecule has 22 heavy (non-hydrogen) atoms. The van der Waals surface area contributed by atoms with Gasteiger partial charge >= 0.3 is 0 Å². The van der Waals surface area contributed by atoms with Crippen molar-refractivity contribution in [3.63, 3.8) is 0 Å². The molecule has 2 aromatic rings. The molecule has 1 aromatic carbocycles. The lowest BCUT2D eigenvalue weighted by molar-refractivity contribution is -0.124. The summed E-state index contributed by atoms with van der Waals surface area (Å²) in [7, 11) is 0. The van der Waals surface area contributed by atoms with E-state index >= 15 is 0 Å². The second-order valence-corrected chi connectivity index (χ2v) is 6.87. The van der Waals surface area contributed by atoms with Crippen LogP contribution in [0.3, 0.4) is 0 Å². The Morgan fingerprint density at radius 3 is 3.00 bits per heavy atom. The summed E-state index contributed by atoms with van der Waals surface area (Å²) in [5, 5.41) is 0.697. The zero-order chi connectivity index (χ0) is 15.5. The first kappa shape index (κ1) is 15.7. The minimum Gasteiger partial charge on any atom is -0.380 e. The summed E-state index contributed by atoms with van der Waals surface area (Å²) < 4.78 is 8.55. The van der Waals surface area contributed by atoms with Crippen LogP contribution in [-0.4, -0.2) is 23.7 Å². The average Bonchev–Trinajstić information content (AvgIpc) is 2.74. The van der Waals surface area contributed by atoms with E-state index in [9.17, 15) is 4.79 Å². The van der Waals surface area contributed by atoms with Crippen LogP contribution in [-0.2, 0) is 16.1 Å². The summed E-state index contributed by atoms with van der Waals surface area (Å²) in [6.45, 7) is 3.95. The maximum atomic E-state index is 12.2. The first-order valence-corrected chi connectivity index (χ1v) is 8.83. The smallest absolute Gasteiger partial charge is 0.251 e. The number of fused-ring (bicyclic) bond motifs is 1. The molecule has 3 rings (SSSR count). The molecular formula is C16H19ClN2O2S. The van der Waals surface area contributed by atoms with Crippen molar-refractivity contribution in [2.45, 2.75) is 32.7 Å². The summed E-state index contributed by atoms with van der Waals surface area (Å²) in [4.78, 5) is 17.3. The molecule has 4 nitrogen and oxygen atoms in total. The fourth-order valence-electron chi connectivity index (χ4n) is 2.49. The van der Waals surface area contributed by atoms with Crippen LogP contribution >= 0.6 is 22.9 Å². The van der Waals surface area contributed by atoms with Crippen LogP contribution in [0.15, 0.2) is 23.2 Å². The molecule has 1 amide bonds. The number of halogens is 1. The van der Waals surface area contributed by atoms with Gasteiger partial charge in [-0.3, -0.25) is 4.79 Å². The van der Waals surface area contributed by atoms with Gasteiger partial charge in [-0.2, -0.15) is 4.99 Å². The molecule has 1 heterocycles. The number of amides is 1. The third-order valence-corrected chi connectivity index (χ3v) is 5.24. The Kier molecular flexibility index (Phi) is 4.96. The van der Waals surface area contributed by atoms with Crippen molar-refractivity contribution in [2.75, 3.05) is 13.2 Å². The van der Waals surface area contributed by atoms with Gasteiger partial charge < -0.3 is 9.30 Å². The summed E-state index contributed by atoms with van der Waals surface area (Å²) in [6.07, 6.45) is 3.08. The lowest BCUT2D eigenvalue weighted by Gasteiger charge is -2.20. The van der Waals surface area contributed by atoms with Crippen LogP contribution in [0.5, 0.6) is 0 Å². The topological polar surface area (TPSA) is 43.6 Å². The minimum atomic E-state index is 0.00839. The standard InChI is InChI=1S/C16H19ClN2O2S/c1-2-21-9-8-19-13-7-6-12(17)10-14(13)22-16(19)18-15(20)11-4-3-5-11/h6-7,10-11H,2-5,8-9H2,1H3. The van der Waals surface area contributed by atoms with Crippen LogP contribution < -0.4 is 4.80 Å². The van der Waals surface area contributed by atoms with Crippen molar-refractivity contribution in [1.82, 2.24) is 4.57 Å². The van der Waals surface area contributed by atoms with Crippen molar-refractivity contribution in [3.05, 3.63) is 28.0 Å². The third kappa shape index (κ3) is 3.26. The lowest BCUT2D eigenvalue weighted by atomic mass is 9.85. The first-order chi connectivity index (χ1) is 10.7. The Morgan fingerprint density at radius 2 is 2.32 bits per heavy atom. The maximum Gasteiger partial charge on any atom is 0.251 e. The Balaban J connectivity index is 2.00. The van der Waals surface area contributed by atoms with Crippen LogP contribution in [0.4, 0.5) is 0 Å². The molecule has 0 unspecified atom stereocenters. The summed E-state index contributed by atoms with van der Waals surface area (Å²) in [5.74, 6) is 0.128. The number of benzene rings is 1. The van der Waals surface area contributed by atoms with Gasteiger partial charge in [-0.05, 0) is 38.0 Å². The molecule has 0 spiro atoms. The van der Waals surface area contributed by atoms with Crippen molar-refractivity contribution in [1.29, 1.82) is 0 Å². The molecule has 1 aliphatic carbocycles. The summed E-state index contributed by atoms with van der Waals surface area (Å²) in [5.41, 5.74) is 1.05. The molecule has 1 fully saturated rings. The van der Waals surface area contributed by atoms with E-state index in [-0.39, 0.29) is 11.8 Å². The zero-order valence-corrected chi connectivity index (χ0v) is 14.1. The van der Waals surface area contributed by atoms with E-state index in [4.69, 9.17) is 16.3 Å². The van der Waals surface area contributed by atoms with Gasteiger partial charge in [-0.15, -0.1) is 0 Å². The maximum absolute atomic E-state index is 12.2. The molecule has 6 heteroatoms. The van der Waals surface area contributed by atoms with E-state index in [1.807, 2.05) is 25.1 Å². The number of rotatable bonds is 5. The second kappa shape index (κ2) is 6.94. The second-order valence-electron chi connectivity index (χ2n) is 5.42. The van der Waals surface area contributed by atoms with Crippen molar-refractivity contribution >= 4 is 39.1 Å². The molecule has 0 saturated heterocycles. The highest BCUT2D eigenvalue weighted by molar-refractivity contribution is 7.16. The number of thiazole rings is 1. The number of carbonyl (C=O) groups is 1. The Morgan fingerprint density at radius 1 is 1.50 bits per heavy atom. The van der Waals surface area contributed by atoms with Crippen LogP contribution in [0.2, 0.25) is 5.02 Å². The monoisotopic (exact) mass is 338 g/mol. The van der Waals surface area contributed by atoms with Crippen molar-refractivity contribution < 1.29 is 9.53 Å². The molecule has 118 valence electrons. The first-order valence-electron chi connectivity index (χ1n) is 7.64. The third-order valence-electron chi connectivity index (χ3n) is 3.97. The van der Waals surface area contributed by atoms with Crippen LogP contribution in [0.25, 0.3) is 10.2 Å². The van der Waals surface area contributed by atoms with Crippen LogP contribution in [0, 0.1) is 5.92 Å². The highest BCUT2D eigenvalue weighted by atomic mass is 35.5. The van der Waals surface area contributed by atoms with E-state index in [2.05, 4.69) is 9.56 Å². The van der Waals surface area contributed by atoms with Gasteiger partial charge in [-0.1, -0.05) is 29.4 Å². The van der Waals surface area contributed by atoms with Crippen LogP contribution in [0.1, 0.15) is 26.2 Å². The molecule has 0 N–H and O–H groups in total. The molecule has 1 aliphatic rings. The summed E-state index contributed by atoms with van der Waals surface area (Å²) in [6, 6.07) is 5.77. The quantitative estimate of drug-likeness (QED) is 0.781. The Bertz CT molecular complexity index is 746. The number of aromatic nitrogens is 1. The summed E-state index contributed by atoms with van der Waals surface area (Å²) >= 11 is 7.58. The van der Waals surface area contributed by atoms with Gasteiger partial charge in [0.05, 0.1) is 16.8 Å². The van der Waals surface area contributed by atoms with Gasteiger partial charge in [0.1, 0.15) is 0 Å². The number of ether oxygens (including phenoxy) is 1. The lowest BCUT2D eigenvalue weighted by Crippen LogP contribution is -2.25. The van der Waals surface area contributed by atoms with Gasteiger partial charge in [0.25, 0.3) is 5.91 Å². The number of hydrogen-bond donors (Lipinski definition) is 0. The number of hydrogen-bond acceptors (Lipinski definition) is 3. The molecule has 0 radical (unpaired) electrons.